The quantitative estimate of drug-likeness (QED) is 0.480. The lowest BCUT2D eigenvalue weighted by Crippen LogP contribution is -2.24. The molecule has 1 amide bonds. The van der Waals surface area contributed by atoms with Crippen molar-refractivity contribution in [1.82, 2.24) is 24.7 Å². The van der Waals surface area contributed by atoms with Gasteiger partial charge in [-0.15, -0.1) is 10.2 Å². The number of aromatic nitrogens is 5. The molecular formula is C18H23N7O2S. The maximum atomic E-state index is 12.6. The van der Waals surface area contributed by atoms with Crippen molar-refractivity contribution in [2.75, 3.05) is 18.3 Å². The summed E-state index contributed by atoms with van der Waals surface area (Å²) in [6.45, 7) is 5.56. The Bertz CT molecular complexity index is 994. The highest BCUT2D eigenvalue weighted by Crippen LogP contribution is 2.27. The van der Waals surface area contributed by atoms with Crippen molar-refractivity contribution in [3.05, 3.63) is 35.7 Å². The van der Waals surface area contributed by atoms with Gasteiger partial charge in [-0.3, -0.25) is 9.48 Å². The average molecular weight is 401 g/mol. The van der Waals surface area contributed by atoms with Crippen molar-refractivity contribution in [2.24, 2.45) is 7.05 Å². The maximum absolute atomic E-state index is 12.6. The molecule has 3 aromatic rings. The number of nitrogens with zero attached hydrogens (tertiary/aromatic N) is 5. The third-order valence-corrected chi connectivity index (χ3v) is 5.48. The van der Waals surface area contributed by atoms with E-state index in [1.54, 1.807) is 18.7 Å². The number of hydrogen-bond acceptors (Lipinski definition) is 7. The zero-order chi connectivity index (χ0) is 20.4. The molecule has 0 radical (unpaired) electrons. The minimum Gasteiger partial charge on any atom is -0.497 e. The molecule has 0 saturated carbocycles. The number of benzene rings is 1. The Morgan fingerprint density at radius 3 is 2.50 bits per heavy atom. The zero-order valence-electron chi connectivity index (χ0n) is 16.4. The van der Waals surface area contributed by atoms with Gasteiger partial charge in [-0.2, -0.15) is 5.10 Å². The van der Waals surface area contributed by atoms with Crippen LogP contribution >= 0.6 is 11.8 Å². The highest BCUT2D eigenvalue weighted by atomic mass is 32.2. The maximum Gasteiger partial charge on any atom is 0.237 e. The van der Waals surface area contributed by atoms with E-state index in [1.165, 1.54) is 16.4 Å². The number of aryl methyl sites for hydroxylation is 2. The molecular weight excluding hydrogens is 378 g/mol. The lowest BCUT2D eigenvalue weighted by Gasteiger charge is -2.12. The Hall–Kier alpha value is -3.01. The van der Waals surface area contributed by atoms with Gasteiger partial charge in [0, 0.05) is 12.6 Å². The van der Waals surface area contributed by atoms with Gasteiger partial charge in [-0.25, -0.2) is 4.68 Å². The van der Waals surface area contributed by atoms with Crippen LogP contribution in [0.4, 0.5) is 5.69 Å². The molecule has 0 spiro atoms. The Kier molecular flexibility index (Phi) is 5.59. The number of ether oxygens (including phenoxy) is 1. The van der Waals surface area contributed by atoms with Crippen molar-refractivity contribution < 1.29 is 9.53 Å². The van der Waals surface area contributed by atoms with Crippen LogP contribution in [0.3, 0.4) is 0 Å². The smallest absolute Gasteiger partial charge is 0.237 e. The second-order valence-electron chi connectivity index (χ2n) is 6.32. The van der Waals surface area contributed by atoms with E-state index >= 15 is 0 Å². The summed E-state index contributed by atoms with van der Waals surface area (Å²) in [6, 6.07) is 7.35. The number of carbonyl (C=O) groups is 1. The van der Waals surface area contributed by atoms with E-state index in [9.17, 15) is 4.79 Å². The average Bonchev–Trinajstić information content (AvgIpc) is 3.16. The normalized spacial score (nSPS) is 12.0. The molecule has 28 heavy (non-hydrogen) atoms. The fourth-order valence-corrected chi connectivity index (χ4v) is 3.46. The molecule has 3 N–H and O–H groups in total. The zero-order valence-corrected chi connectivity index (χ0v) is 17.2. The predicted molar refractivity (Wildman–Crippen MR) is 109 cm³/mol. The fraction of sp³-hybridized carbons (Fsp3) is 0.333. The van der Waals surface area contributed by atoms with Gasteiger partial charge < -0.3 is 15.9 Å². The van der Waals surface area contributed by atoms with Crippen molar-refractivity contribution in [1.29, 1.82) is 0 Å². The summed E-state index contributed by atoms with van der Waals surface area (Å²) < 4.78 is 8.28. The van der Waals surface area contributed by atoms with E-state index in [1.807, 2.05) is 45.2 Å². The number of methoxy groups -OCH3 is 1. The molecule has 2 aromatic heterocycles. The summed E-state index contributed by atoms with van der Waals surface area (Å²) in [6.07, 6.45) is 0. The number of nitrogens with two attached hydrogens (primary N) is 1. The van der Waals surface area contributed by atoms with E-state index in [-0.39, 0.29) is 5.91 Å². The molecule has 1 aromatic carbocycles. The number of nitrogens with one attached hydrogen (secondary N) is 1. The fourth-order valence-electron chi connectivity index (χ4n) is 2.69. The number of rotatable bonds is 6. The van der Waals surface area contributed by atoms with Gasteiger partial charge in [0.15, 0.2) is 5.82 Å². The summed E-state index contributed by atoms with van der Waals surface area (Å²) in [5, 5.41) is 15.6. The number of carbonyl (C=O) groups excluding carboxylic acids is 1. The molecule has 148 valence electrons. The molecule has 0 unspecified atom stereocenters. The summed E-state index contributed by atoms with van der Waals surface area (Å²) in [7, 11) is 3.45. The van der Waals surface area contributed by atoms with Crippen LogP contribution in [0.15, 0.2) is 29.4 Å². The molecule has 0 fully saturated rings. The summed E-state index contributed by atoms with van der Waals surface area (Å²) in [5.41, 5.74) is 3.20. The van der Waals surface area contributed by atoms with Crippen LogP contribution in [-0.4, -0.2) is 42.9 Å². The standard InChI is InChI=1S/C18H23N7O2S/c1-10-15(11(2)24(4)23-10)20-17(26)12(3)28-18-22-21-16(25(18)19)13-6-8-14(27-5)9-7-13/h6-9,12H,19H2,1-5H3,(H,20,26)/t12-/m0/s1. The van der Waals surface area contributed by atoms with Crippen LogP contribution in [0.2, 0.25) is 0 Å². The highest BCUT2D eigenvalue weighted by molar-refractivity contribution is 8.00. The molecule has 0 aliphatic carbocycles. The van der Waals surface area contributed by atoms with Crippen LogP contribution in [0.25, 0.3) is 11.4 Å². The lowest BCUT2D eigenvalue weighted by atomic mass is 10.2. The van der Waals surface area contributed by atoms with Crippen LogP contribution in [0.5, 0.6) is 5.75 Å². The second-order valence-corrected chi connectivity index (χ2v) is 7.63. The number of thioether (sulfide) groups is 1. The molecule has 0 aliphatic heterocycles. The first-order valence-corrected chi connectivity index (χ1v) is 9.52. The van der Waals surface area contributed by atoms with Gasteiger partial charge >= 0.3 is 0 Å². The van der Waals surface area contributed by atoms with Crippen LogP contribution < -0.4 is 15.9 Å². The molecule has 10 heteroatoms. The first-order chi connectivity index (χ1) is 13.3. The third kappa shape index (κ3) is 3.81. The van der Waals surface area contributed by atoms with E-state index in [0.29, 0.717) is 11.0 Å². The number of amides is 1. The summed E-state index contributed by atoms with van der Waals surface area (Å²) in [5.74, 6) is 7.25. The van der Waals surface area contributed by atoms with Gasteiger partial charge in [-0.1, -0.05) is 11.8 Å². The van der Waals surface area contributed by atoms with E-state index in [2.05, 4.69) is 20.6 Å². The molecule has 2 heterocycles. The van der Waals surface area contributed by atoms with E-state index < -0.39 is 5.25 Å². The van der Waals surface area contributed by atoms with E-state index in [0.717, 1.165) is 28.4 Å². The van der Waals surface area contributed by atoms with Crippen molar-refractivity contribution in [2.45, 2.75) is 31.2 Å². The Labute approximate surface area is 167 Å². The highest BCUT2D eigenvalue weighted by Gasteiger charge is 2.22. The summed E-state index contributed by atoms with van der Waals surface area (Å²) >= 11 is 1.24. The van der Waals surface area contributed by atoms with Crippen molar-refractivity contribution >= 4 is 23.4 Å². The molecule has 0 bridgehead atoms. The molecule has 0 aliphatic rings. The number of anilines is 1. The van der Waals surface area contributed by atoms with Crippen LogP contribution in [0, 0.1) is 13.8 Å². The lowest BCUT2D eigenvalue weighted by molar-refractivity contribution is -0.115. The number of nitrogen functional groups attached to an aromatic ring is 1. The SMILES string of the molecule is COc1ccc(-c2nnc(S[C@@H](C)C(=O)Nc3c(C)nn(C)c3C)n2N)cc1. The largest absolute Gasteiger partial charge is 0.497 e. The summed E-state index contributed by atoms with van der Waals surface area (Å²) in [4.78, 5) is 12.6. The molecule has 1 atom stereocenters. The first kappa shape index (κ1) is 19.7. The Morgan fingerprint density at radius 1 is 1.25 bits per heavy atom. The number of hydrogen-bond donors (Lipinski definition) is 2. The molecule has 3 rings (SSSR count). The van der Waals surface area contributed by atoms with E-state index in [4.69, 9.17) is 10.6 Å². The molecule has 9 nitrogen and oxygen atoms in total. The second kappa shape index (κ2) is 7.93. The van der Waals surface area contributed by atoms with Gasteiger partial charge in [-0.05, 0) is 45.0 Å². The minimum absolute atomic E-state index is 0.154. The van der Waals surface area contributed by atoms with Gasteiger partial charge in [0.25, 0.3) is 0 Å². The monoisotopic (exact) mass is 401 g/mol. The van der Waals surface area contributed by atoms with Crippen molar-refractivity contribution in [3.8, 4) is 17.1 Å². The van der Waals surface area contributed by atoms with Crippen LogP contribution in [0.1, 0.15) is 18.3 Å². The topological polar surface area (TPSA) is 113 Å². The van der Waals surface area contributed by atoms with Gasteiger partial charge in [0.05, 0.1) is 29.4 Å². The predicted octanol–water partition coefficient (Wildman–Crippen LogP) is 2.14. The van der Waals surface area contributed by atoms with Gasteiger partial charge in [0.1, 0.15) is 5.75 Å². The minimum atomic E-state index is -0.422. The Morgan fingerprint density at radius 2 is 1.93 bits per heavy atom. The third-order valence-electron chi connectivity index (χ3n) is 4.42. The first-order valence-electron chi connectivity index (χ1n) is 8.64. The van der Waals surface area contributed by atoms with Gasteiger partial charge in [0.2, 0.25) is 11.1 Å². The van der Waals surface area contributed by atoms with Crippen LogP contribution in [-0.2, 0) is 11.8 Å². The molecule has 0 saturated heterocycles. The van der Waals surface area contributed by atoms with Crippen molar-refractivity contribution in [3.63, 3.8) is 0 Å². The Balaban J connectivity index is 1.72.